The Hall–Kier alpha value is -1.06. The summed E-state index contributed by atoms with van der Waals surface area (Å²) in [5.41, 5.74) is 9.82. The molecule has 1 aliphatic rings. The largest absolute Gasteiger partial charge is 0.496 e. The second kappa shape index (κ2) is 5.29. The highest BCUT2D eigenvalue weighted by Crippen LogP contribution is 2.36. The summed E-state index contributed by atoms with van der Waals surface area (Å²) in [5.74, 6) is 1.41. The average Bonchev–Trinajstić information content (AvgIpc) is 2.78. The second-order valence-electron chi connectivity index (χ2n) is 5.26. The average molecular weight is 249 g/mol. The highest BCUT2D eigenvalue weighted by atomic mass is 16.5. The predicted molar refractivity (Wildman–Crippen MR) is 72.9 cm³/mol. The number of methoxy groups -OCH3 is 1. The Morgan fingerprint density at radius 2 is 2.11 bits per heavy atom. The van der Waals surface area contributed by atoms with Crippen LogP contribution in [-0.2, 0) is 4.74 Å². The molecule has 3 nitrogen and oxygen atoms in total. The molecule has 1 saturated heterocycles. The Balaban J connectivity index is 2.35. The number of hydrogen-bond acceptors (Lipinski definition) is 3. The van der Waals surface area contributed by atoms with Crippen molar-refractivity contribution in [3.05, 3.63) is 28.8 Å². The molecule has 1 fully saturated rings. The van der Waals surface area contributed by atoms with Crippen LogP contribution >= 0.6 is 0 Å². The van der Waals surface area contributed by atoms with E-state index in [1.807, 2.05) is 0 Å². The molecule has 0 aromatic heterocycles. The van der Waals surface area contributed by atoms with E-state index in [4.69, 9.17) is 15.2 Å². The van der Waals surface area contributed by atoms with Crippen LogP contribution in [0.15, 0.2) is 12.1 Å². The summed E-state index contributed by atoms with van der Waals surface area (Å²) in [7, 11) is 1.71. The van der Waals surface area contributed by atoms with E-state index in [0.29, 0.717) is 5.92 Å². The van der Waals surface area contributed by atoms with Gasteiger partial charge in [-0.15, -0.1) is 0 Å². The minimum Gasteiger partial charge on any atom is -0.496 e. The zero-order valence-electron chi connectivity index (χ0n) is 11.7. The van der Waals surface area contributed by atoms with Crippen LogP contribution in [0.1, 0.15) is 36.1 Å². The summed E-state index contributed by atoms with van der Waals surface area (Å²) < 4.78 is 11.3. The third-order valence-electron chi connectivity index (χ3n) is 4.07. The lowest BCUT2D eigenvalue weighted by molar-refractivity contribution is 0.0717. The Morgan fingerprint density at radius 3 is 2.67 bits per heavy atom. The van der Waals surface area contributed by atoms with E-state index in [-0.39, 0.29) is 12.1 Å². The Morgan fingerprint density at radius 1 is 1.39 bits per heavy atom. The molecule has 18 heavy (non-hydrogen) atoms. The van der Waals surface area contributed by atoms with Crippen LogP contribution < -0.4 is 10.5 Å². The van der Waals surface area contributed by atoms with Crippen molar-refractivity contribution in [1.82, 2.24) is 0 Å². The molecule has 2 N–H and O–H groups in total. The van der Waals surface area contributed by atoms with Crippen molar-refractivity contribution >= 4 is 0 Å². The molecule has 3 unspecified atom stereocenters. The first-order valence-corrected chi connectivity index (χ1v) is 6.57. The van der Waals surface area contributed by atoms with Gasteiger partial charge >= 0.3 is 0 Å². The van der Waals surface area contributed by atoms with Gasteiger partial charge in [0.05, 0.1) is 19.3 Å². The molecule has 1 aromatic carbocycles. The third kappa shape index (κ3) is 2.25. The fraction of sp³-hybridized carbons (Fsp3) is 0.600. The van der Waals surface area contributed by atoms with Crippen LogP contribution in [-0.4, -0.2) is 19.8 Å². The molecule has 0 amide bonds. The van der Waals surface area contributed by atoms with Gasteiger partial charge in [-0.2, -0.15) is 0 Å². The van der Waals surface area contributed by atoms with Crippen molar-refractivity contribution in [2.24, 2.45) is 11.7 Å². The van der Waals surface area contributed by atoms with Gasteiger partial charge in [-0.3, -0.25) is 0 Å². The van der Waals surface area contributed by atoms with E-state index in [1.54, 1.807) is 7.11 Å². The van der Waals surface area contributed by atoms with Crippen molar-refractivity contribution < 1.29 is 9.47 Å². The fourth-order valence-electron chi connectivity index (χ4n) is 2.70. The van der Waals surface area contributed by atoms with Gasteiger partial charge < -0.3 is 15.2 Å². The van der Waals surface area contributed by atoms with Crippen LogP contribution in [0.2, 0.25) is 0 Å². The first-order valence-electron chi connectivity index (χ1n) is 6.57. The number of benzene rings is 1. The Kier molecular flexibility index (Phi) is 3.93. The van der Waals surface area contributed by atoms with E-state index in [1.165, 1.54) is 5.56 Å². The van der Waals surface area contributed by atoms with E-state index in [9.17, 15) is 0 Å². The number of aryl methyl sites for hydroxylation is 1. The lowest BCUT2D eigenvalue weighted by Crippen LogP contribution is -2.30. The number of ether oxygens (including phenoxy) is 2. The van der Waals surface area contributed by atoms with Gasteiger partial charge in [0.25, 0.3) is 0 Å². The maximum absolute atomic E-state index is 6.38. The second-order valence-corrected chi connectivity index (χ2v) is 5.26. The van der Waals surface area contributed by atoms with Crippen LogP contribution in [0.5, 0.6) is 5.75 Å². The topological polar surface area (TPSA) is 44.5 Å². The molecule has 3 atom stereocenters. The monoisotopic (exact) mass is 249 g/mol. The quantitative estimate of drug-likeness (QED) is 0.895. The highest BCUT2D eigenvalue weighted by molar-refractivity contribution is 5.47. The molecule has 1 aliphatic heterocycles. The van der Waals surface area contributed by atoms with E-state index < -0.39 is 0 Å². The molecule has 3 heteroatoms. The molecule has 0 saturated carbocycles. The number of rotatable bonds is 3. The van der Waals surface area contributed by atoms with Gasteiger partial charge in [0.2, 0.25) is 0 Å². The van der Waals surface area contributed by atoms with Crippen molar-refractivity contribution in [2.75, 3.05) is 13.7 Å². The van der Waals surface area contributed by atoms with Crippen molar-refractivity contribution in [3.8, 4) is 5.75 Å². The first kappa shape index (κ1) is 13.4. The molecule has 100 valence electrons. The van der Waals surface area contributed by atoms with E-state index >= 15 is 0 Å². The summed E-state index contributed by atoms with van der Waals surface area (Å²) in [6.07, 6.45) is 1.19. The van der Waals surface area contributed by atoms with Crippen molar-refractivity contribution in [1.29, 1.82) is 0 Å². The van der Waals surface area contributed by atoms with E-state index in [0.717, 1.165) is 29.9 Å². The molecule has 1 aromatic rings. The molecule has 0 bridgehead atoms. The maximum Gasteiger partial charge on any atom is 0.126 e. The van der Waals surface area contributed by atoms with E-state index in [2.05, 4.69) is 32.9 Å². The number of nitrogens with two attached hydrogens (primary N) is 1. The minimum absolute atomic E-state index is 0.0982. The predicted octanol–water partition coefficient (Wildman–Crippen LogP) is 2.74. The zero-order chi connectivity index (χ0) is 13.3. The zero-order valence-corrected chi connectivity index (χ0v) is 11.7. The summed E-state index contributed by atoms with van der Waals surface area (Å²) in [5, 5.41) is 0. The highest BCUT2D eigenvalue weighted by Gasteiger charge is 2.32. The van der Waals surface area contributed by atoms with Crippen LogP contribution in [0.3, 0.4) is 0 Å². The van der Waals surface area contributed by atoms with Crippen LogP contribution in [0, 0.1) is 19.8 Å². The van der Waals surface area contributed by atoms with Gasteiger partial charge in [-0.25, -0.2) is 0 Å². The molecular formula is C15H23NO2. The van der Waals surface area contributed by atoms with Crippen LogP contribution in [0.4, 0.5) is 0 Å². The smallest absolute Gasteiger partial charge is 0.126 e. The fourth-order valence-corrected chi connectivity index (χ4v) is 2.70. The Bertz CT molecular complexity index is 431. The van der Waals surface area contributed by atoms with Crippen molar-refractivity contribution in [2.45, 2.75) is 39.3 Å². The third-order valence-corrected chi connectivity index (χ3v) is 4.07. The maximum atomic E-state index is 6.38. The molecular weight excluding hydrogens is 226 g/mol. The summed E-state index contributed by atoms with van der Waals surface area (Å²) in [4.78, 5) is 0. The van der Waals surface area contributed by atoms with Gasteiger partial charge in [0.15, 0.2) is 0 Å². The standard InChI is InChI=1S/C15H23NO2/c1-9-5-6-12(15(17-4)11(9)3)13(16)14-10(2)7-8-18-14/h5-6,10,13-14H,7-8,16H2,1-4H3. The first-order chi connectivity index (χ1) is 8.56. The molecule has 1 heterocycles. The van der Waals surface area contributed by atoms with Crippen LogP contribution in [0.25, 0.3) is 0 Å². The van der Waals surface area contributed by atoms with Gasteiger partial charge in [0, 0.05) is 12.2 Å². The normalized spacial score (nSPS) is 25.2. The molecule has 0 aliphatic carbocycles. The summed E-state index contributed by atoms with van der Waals surface area (Å²) in [6.45, 7) is 7.17. The molecule has 0 radical (unpaired) electrons. The molecule has 2 rings (SSSR count). The lowest BCUT2D eigenvalue weighted by atomic mass is 9.91. The lowest BCUT2D eigenvalue weighted by Gasteiger charge is -2.25. The minimum atomic E-state index is -0.114. The van der Waals surface area contributed by atoms with Gasteiger partial charge in [-0.05, 0) is 37.3 Å². The Labute approximate surface area is 109 Å². The summed E-state index contributed by atoms with van der Waals surface area (Å²) in [6, 6.07) is 4.06. The summed E-state index contributed by atoms with van der Waals surface area (Å²) >= 11 is 0. The number of hydrogen-bond donors (Lipinski definition) is 1. The van der Waals surface area contributed by atoms with Gasteiger partial charge in [0.1, 0.15) is 5.75 Å². The van der Waals surface area contributed by atoms with Crippen molar-refractivity contribution in [3.63, 3.8) is 0 Å². The van der Waals surface area contributed by atoms with Gasteiger partial charge in [-0.1, -0.05) is 19.1 Å². The SMILES string of the molecule is COc1c(C(N)C2OCCC2C)ccc(C)c1C. The molecule has 0 spiro atoms.